The molecule has 4 aliphatic rings. The van der Waals surface area contributed by atoms with Crippen molar-refractivity contribution in [2.75, 3.05) is 32.9 Å². The standard InChI is InChI=1S/C28H33BrN2O3/c1-28(2)23-14-20(34-12-9-17-7-10-31(11-8-17)19-15-33-16-19)4-6-21(23)26(32)25-22-5-3-18(29)13-24(22)30-27(25)28/h3,5,13-14,17,19,30H,4,6-12,15-16H2,1-2H3. The smallest absolute Gasteiger partial charge is 0.191 e. The lowest BCUT2D eigenvalue weighted by Crippen LogP contribution is -2.51. The summed E-state index contributed by atoms with van der Waals surface area (Å²) in [6.07, 6.45) is 7.36. The van der Waals surface area contributed by atoms with Crippen LogP contribution in [0.5, 0.6) is 0 Å². The molecule has 0 radical (unpaired) electrons. The summed E-state index contributed by atoms with van der Waals surface area (Å²) in [4.78, 5) is 19.7. The number of halogens is 1. The number of nitrogens with zero attached hydrogens (tertiary/aromatic N) is 1. The molecule has 34 heavy (non-hydrogen) atoms. The van der Waals surface area contributed by atoms with Gasteiger partial charge < -0.3 is 14.5 Å². The first-order valence-electron chi connectivity index (χ1n) is 12.7. The molecule has 0 saturated carbocycles. The third-order valence-corrected chi connectivity index (χ3v) is 8.90. The van der Waals surface area contributed by atoms with E-state index in [9.17, 15) is 4.79 Å². The van der Waals surface area contributed by atoms with Gasteiger partial charge in [0, 0.05) is 38.5 Å². The van der Waals surface area contributed by atoms with Gasteiger partial charge in [-0.05, 0) is 68.5 Å². The lowest BCUT2D eigenvalue weighted by atomic mass is 9.68. The van der Waals surface area contributed by atoms with Gasteiger partial charge in [-0.15, -0.1) is 0 Å². The second-order valence-electron chi connectivity index (χ2n) is 10.8. The van der Waals surface area contributed by atoms with E-state index in [1.54, 1.807) is 0 Å². The summed E-state index contributed by atoms with van der Waals surface area (Å²) >= 11 is 3.56. The zero-order valence-electron chi connectivity index (χ0n) is 20.1. The largest absolute Gasteiger partial charge is 0.498 e. The summed E-state index contributed by atoms with van der Waals surface area (Å²) in [5.74, 6) is 1.96. The number of Topliss-reactive ketones (excluding diaryl/α,β-unsaturated/α-hetero) is 1. The van der Waals surface area contributed by atoms with Crippen molar-refractivity contribution in [3.05, 3.63) is 56.9 Å². The van der Waals surface area contributed by atoms with Crippen LogP contribution in [0.15, 0.2) is 45.7 Å². The molecule has 0 amide bonds. The highest BCUT2D eigenvalue weighted by Crippen LogP contribution is 2.47. The Morgan fingerprint density at radius 1 is 1.21 bits per heavy atom. The van der Waals surface area contributed by atoms with E-state index in [-0.39, 0.29) is 11.2 Å². The van der Waals surface area contributed by atoms with Crippen LogP contribution in [-0.4, -0.2) is 54.6 Å². The number of carbonyl (C=O) groups excluding carboxylic acids is 1. The van der Waals surface area contributed by atoms with Crippen LogP contribution < -0.4 is 0 Å². The Morgan fingerprint density at radius 2 is 2.00 bits per heavy atom. The summed E-state index contributed by atoms with van der Waals surface area (Å²) in [5.41, 5.74) is 4.69. The van der Waals surface area contributed by atoms with Gasteiger partial charge in [0.1, 0.15) is 0 Å². The molecule has 3 heterocycles. The lowest BCUT2D eigenvalue weighted by molar-refractivity contribution is -0.0744. The van der Waals surface area contributed by atoms with Crippen LogP contribution in [0.2, 0.25) is 0 Å². The van der Waals surface area contributed by atoms with Gasteiger partial charge in [0.05, 0.1) is 37.2 Å². The molecular formula is C28H33BrN2O3. The van der Waals surface area contributed by atoms with Gasteiger partial charge in [-0.1, -0.05) is 35.8 Å². The number of benzene rings is 1. The van der Waals surface area contributed by atoms with Crippen LogP contribution in [0.3, 0.4) is 0 Å². The summed E-state index contributed by atoms with van der Waals surface area (Å²) < 4.78 is 12.7. The first-order chi connectivity index (χ1) is 16.4. The minimum Gasteiger partial charge on any atom is -0.498 e. The molecule has 2 aliphatic heterocycles. The summed E-state index contributed by atoms with van der Waals surface area (Å²) in [5, 5.41) is 1.02. The molecule has 6 rings (SSSR count). The topological polar surface area (TPSA) is 54.6 Å². The van der Waals surface area contributed by atoms with E-state index in [2.05, 4.69) is 51.8 Å². The van der Waals surface area contributed by atoms with Gasteiger partial charge in [0.25, 0.3) is 0 Å². The number of ether oxygens (including phenoxy) is 2. The van der Waals surface area contributed by atoms with E-state index < -0.39 is 0 Å². The first kappa shape index (κ1) is 22.6. The molecule has 2 aromatic rings. The number of hydrogen-bond donors (Lipinski definition) is 1. The van der Waals surface area contributed by atoms with Gasteiger partial charge in [-0.3, -0.25) is 9.69 Å². The number of likely N-dealkylation sites (tertiary alicyclic amines) is 1. The molecule has 5 nitrogen and oxygen atoms in total. The molecule has 2 saturated heterocycles. The van der Waals surface area contributed by atoms with Crippen LogP contribution in [0, 0.1) is 5.92 Å². The zero-order valence-corrected chi connectivity index (χ0v) is 21.7. The third-order valence-electron chi connectivity index (χ3n) is 8.41. The van der Waals surface area contributed by atoms with Gasteiger partial charge in [0.2, 0.25) is 0 Å². The van der Waals surface area contributed by atoms with Crippen LogP contribution in [0.4, 0.5) is 0 Å². The first-order valence-corrected chi connectivity index (χ1v) is 13.5. The van der Waals surface area contributed by atoms with Crippen LogP contribution in [0.25, 0.3) is 10.9 Å². The number of fused-ring (bicyclic) bond motifs is 3. The normalized spacial score (nSPS) is 23.5. The maximum absolute atomic E-state index is 13.6. The molecule has 6 heteroatoms. The Morgan fingerprint density at radius 3 is 2.74 bits per heavy atom. The number of carbonyl (C=O) groups is 1. The summed E-state index contributed by atoms with van der Waals surface area (Å²) in [6, 6.07) is 6.78. The maximum Gasteiger partial charge on any atom is 0.191 e. The van der Waals surface area contributed by atoms with Crippen LogP contribution in [0.1, 0.15) is 62.0 Å². The van der Waals surface area contributed by atoms with Crippen molar-refractivity contribution in [1.29, 1.82) is 0 Å². The van der Waals surface area contributed by atoms with Gasteiger partial charge in [0.15, 0.2) is 5.78 Å². The summed E-state index contributed by atoms with van der Waals surface area (Å²) in [7, 11) is 0. The number of aromatic amines is 1. The zero-order chi connectivity index (χ0) is 23.4. The van der Waals surface area contributed by atoms with E-state index in [1.807, 2.05) is 12.1 Å². The van der Waals surface area contributed by atoms with Gasteiger partial charge in [-0.2, -0.15) is 0 Å². The SMILES string of the molecule is CC1(C)C2=C(CCC(OCCC3CCN(C4COC4)CC3)=C2)C(=O)c2c1[nH]c1cc(Br)ccc21. The second kappa shape index (κ2) is 8.65. The number of ketones is 1. The number of H-pyrrole nitrogens is 1. The van der Waals surface area contributed by atoms with E-state index in [0.717, 1.165) is 88.5 Å². The van der Waals surface area contributed by atoms with E-state index >= 15 is 0 Å². The fraction of sp³-hybridized carbons (Fsp3) is 0.536. The quantitative estimate of drug-likeness (QED) is 0.529. The number of nitrogens with one attached hydrogen (secondary N) is 1. The minimum absolute atomic E-state index is 0.178. The molecular weight excluding hydrogens is 492 g/mol. The average Bonchev–Trinajstić information content (AvgIpc) is 3.18. The molecule has 1 aromatic heterocycles. The van der Waals surface area contributed by atoms with Crippen LogP contribution >= 0.6 is 15.9 Å². The number of hydrogen-bond acceptors (Lipinski definition) is 4. The molecule has 1 N–H and O–H groups in total. The Kier molecular flexibility index (Phi) is 5.74. The monoisotopic (exact) mass is 524 g/mol. The highest BCUT2D eigenvalue weighted by molar-refractivity contribution is 9.10. The Bertz CT molecular complexity index is 1200. The summed E-state index contributed by atoms with van der Waals surface area (Å²) in [6.45, 7) is 9.42. The molecule has 180 valence electrons. The van der Waals surface area contributed by atoms with Crippen molar-refractivity contribution < 1.29 is 14.3 Å². The molecule has 1 aromatic carbocycles. The number of allylic oxidation sites excluding steroid dienone is 4. The predicted molar refractivity (Wildman–Crippen MR) is 137 cm³/mol. The Balaban J connectivity index is 1.15. The maximum atomic E-state index is 13.6. The van der Waals surface area contributed by atoms with Crippen molar-refractivity contribution in [2.24, 2.45) is 5.92 Å². The van der Waals surface area contributed by atoms with E-state index in [1.165, 1.54) is 25.9 Å². The minimum atomic E-state index is -0.267. The van der Waals surface area contributed by atoms with E-state index in [4.69, 9.17) is 9.47 Å². The van der Waals surface area contributed by atoms with E-state index in [0.29, 0.717) is 6.04 Å². The van der Waals surface area contributed by atoms with Crippen molar-refractivity contribution >= 4 is 32.6 Å². The Hall–Kier alpha value is -1.89. The van der Waals surface area contributed by atoms with Gasteiger partial charge >= 0.3 is 0 Å². The van der Waals surface area contributed by atoms with Gasteiger partial charge in [-0.25, -0.2) is 0 Å². The molecule has 2 fully saturated rings. The fourth-order valence-electron chi connectivity index (χ4n) is 6.17. The second-order valence-corrected chi connectivity index (χ2v) is 11.7. The van der Waals surface area contributed by atoms with Crippen molar-refractivity contribution in [3.8, 4) is 0 Å². The molecule has 0 bridgehead atoms. The Labute approximate surface area is 209 Å². The molecule has 0 spiro atoms. The highest BCUT2D eigenvalue weighted by atomic mass is 79.9. The number of aromatic nitrogens is 1. The molecule has 0 unspecified atom stereocenters. The predicted octanol–water partition coefficient (Wildman–Crippen LogP) is 5.90. The molecule has 2 aliphatic carbocycles. The highest BCUT2D eigenvalue weighted by Gasteiger charge is 2.42. The number of piperidine rings is 1. The average molecular weight is 525 g/mol. The third kappa shape index (κ3) is 3.78. The molecule has 0 atom stereocenters. The van der Waals surface area contributed by atoms with Crippen molar-refractivity contribution in [1.82, 2.24) is 9.88 Å². The fourth-order valence-corrected chi connectivity index (χ4v) is 6.53. The van der Waals surface area contributed by atoms with Crippen molar-refractivity contribution in [2.45, 2.75) is 57.4 Å². The van der Waals surface area contributed by atoms with Crippen LogP contribution in [-0.2, 0) is 14.9 Å². The van der Waals surface area contributed by atoms with Crippen molar-refractivity contribution in [3.63, 3.8) is 0 Å². The number of rotatable bonds is 5. The lowest BCUT2D eigenvalue weighted by Gasteiger charge is -2.41.